The van der Waals surface area contributed by atoms with Crippen molar-refractivity contribution in [2.75, 3.05) is 6.54 Å². The Morgan fingerprint density at radius 1 is 1.29 bits per heavy atom. The molecular weight excluding hydrogens is 288 g/mol. The number of rotatable bonds is 8. The third-order valence-corrected chi connectivity index (χ3v) is 3.44. The van der Waals surface area contributed by atoms with Gasteiger partial charge in [-0.2, -0.15) is 0 Å². The summed E-state index contributed by atoms with van der Waals surface area (Å²) in [5.74, 6) is -0.356. The van der Waals surface area contributed by atoms with Crippen molar-refractivity contribution >= 4 is 17.6 Å². The number of hydrogen-bond acceptors (Lipinski definition) is 4. The average Bonchev–Trinajstić information content (AvgIpc) is 2.40. The minimum atomic E-state index is -0.601. The molecule has 0 aliphatic rings. The van der Waals surface area contributed by atoms with Crippen molar-refractivity contribution in [1.82, 2.24) is 0 Å². The molecule has 4 N–H and O–H groups in total. The van der Waals surface area contributed by atoms with Crippen LogP contribution in [0.4, 0.5) is 0 Å². The van der Waals surface area contributed by atoms with Crippen LogP contribution in [-0.2, 0) is 16.0 Å². The highest BCUT2D eigenvalue weighted by Crippen LogP contribution is 2.20. The van der Waals surface area contributed by atoms with Crippen LogP contribution < -0.4 is 11.5 Å². The van der Waals surface area contributed by atoms with Crippen molar-refractivity contribution < 1.29 is 9.53 Å². The number of esters is 1. The molecule has 0 amide bonds. The molecule has 1 rings (SSSR count). The molecule has 0 heterocycles. The van der Waals surface area contributed by atoms with E-state index in [9.17, 15) is 4.79 Å². The van der Waals surface area contributed by atoms with Crippen LogP contribution in [0.1, 0.15) is 38.7 Å². The first kappa shape index (κ1) is 18.0. The molecule has 5 heteroatoms. The van der Waals surface area contributed by atoms with E-state index in [1.54, 1.807) is 0 Å². The highest BCUT2D eigenvalue weighted by Gasteiger charge is 2.26. The van der Waals surface area contributed by atoms with E-state index in [0.29, 0.717) is 24.4 Å². The van der Waals surface area contributed by atoms with Crippen molar-refractivity contribution in [1.29, 1.82) is 0 Å². The quantitative estimate of drug-likeness (QED) is 0.571. The average molecular weight is 313 g/mol. The standard InChI is InChI=1S/C16H25ClN2O2/c1-16(2,11-12-6-8-13(17)9-7-12)21-15(20)14(19)5-3-4-10-18/h6-9,14H,3-5,10-11,18-19H2,1-2H3. The molecular formula is C16H25ClN2O2. The number of carbonyl (C=O) groups is 1. The van der Waals surface area contributed by atoms with Gasteiger partial charge in [0.1, 0.15) is 11.6 Å². The Balaban J connectivity index is 2.50. The Hall–Kier alpha value is -1.10. The van der Waals surface area contributed by atoms with Crippen LogP contribution in [-0.4, -0.2) is 24.2 Å². The minimum absolute atomic E-state index is 0.356. The molecule has 0 saturated heterocycles. The van der Waals surface area contributed by atoms with Crippen LogP contribution in [0, 0.1) is 0 Å². The summed E-state index contributed by atoms with van der Waals surface area (Å²) in [6.07, 6.45) is 2.93. The van der Waals surface area contributed by atoms with Crippen LogP contribution in [0.2, 0.25) is 5.02 Å². The molecule has 1 aromatic carbocycles. The lowest BCUT2D eigenvalue weighted by Crippen LogP contribution is -2.39. The van der Waals surface area contributed by atoms with Crippen molar-refractivity contribution in [3.63, 3.8) is 0 Å². The van der Waals surface area contributed by atoms with E-state index in [2.05, 4.69) is 0 Å². The van der Waals surface area contributed by atoms with Crippen molar-refractivity contribution in [3.05, 3.63) is 34.9 Å². The van der Waals surface area contributed by atoms with Crippen molar-refractivity contribution in [2.24, 2.45) is 11.5 Å². The first-order chi connectivity index (χ1) is 9.84. The van der Waals surface area contributed by atoms with Gasteiger partial charge in [-0.25, -0.2) is 0 Å². The highest BCUT2D eigenvalue weighted by atomic mass is 35.5. The number of carbonyl (C=O) groups excluding carboxylic acids is 1. The summed E-state index contributed by atoms with van der Waals surface area (Å²) in [5.41, 5.74) is 11.7. The van der Waals surface area contributed by atoms with Crippen LogP contribution in [0.5, 0.6) is 0 Å². The van der Waals surface area contributed by atoms with Gasteiger partial charge < -0.3 is 16.2 Å². The maximum absolute atomic E-state index is 12.0. The topological polar surface area (TPSA) is 78.3 Å². The summed E-state index contributed by atoms with van der Waals surface area (Å²) in [7, 11) is 0. The fourth-order valence-electron chi connectivity index (χ4n) is 2.10. The van der Waals surface area contributed by atoms with E-state index in [4.69, 9.17) is 27.8 Å². The molecule has 0 fully saturated rings. The van der Waals surface area contributed by atoms with Crippen LogP contribution >= 0.6 is 11.6 Å². The summed E-state index contributed by atoms with van der Waals surface area (Å²) in [6, 6.07) is 6.93. The maximum atomic E-state index is 12.0. The smallest absolute Gasteiger partial charge is 0.323 e. The third kappa shape index (κ3) is 6.93. The summed E-state index contributed by atoms with van der Waals surface area (Å²) < 4.78 is 5.54. The number of benzene rings is 1. The van der Waals surface area contributed by atoms with Gasteiger partial charge in [-0.1, -0.05) is 30.2 Å². The lowest BCUT2D eigenvalue weighted by Gasteiger charge is -2.27. The van der Waals surface area contributed by atoms with Gasteiger partial charge in [0, 0.05) is 11.4 Å². The third-order valence-electron chi connectivity index (χ3n) is 3.19. The second-order valence-electron chi connectivity index (χ2n) is 5.87. The number of unbranched alkanes of at least 4 members (excludes halogenated alkanes) is 1. The van der Waals surface area contributed by atoms with E-state index in [0.717, 1.165) is 18.4 Å². The molecule has 0 bridgehead atoms. The Labute approximate surface area is 131 Å². The minimum Gasteiger partial charge on any atom is -0.458 e. The van der Waals surface area contributed by atoms with Gasteiger partial charge in [0.2, 0.25) is 0 Å². The second-order valence-corrected chi connectivity index (χ2v) is 6.31. The van der Waals surface area contributed by atoms with Gasteiger partial charge in [-0.3, -0.25) is 4.79 Å². The Bertz CT molecular complexity index is 446. The zero-order chi connectivity index (χ0) is 15.9. The van der Waals surface area contributed by atoms with E-state index < -0.39 is 11.6 Å². The van der Waals surface area contributed by atoms with Gasteiger partial charge in [0.25, 0.3) is 0 Å². The first-order valence-corrected chi connectivity index (χ1v) is 7.65. The first-order valence-electron chi connectivity index (χ1n) is 7.27. The largest absolute Gasteiger partial charge is 0.458 e. The van der Waals surface area contributed by atoms with E-state index in [1.807, 2.05) is 38.1 Å². The van der Waals surface area contributed by atoms with E-state index in [-0.39, 0.29) is 5.97 Å². The molecule has 1 aromatic rings. The molecule has 1 atom stereocenters. The SMILES string of the molecule is CC(C)(Cc1ccc(Cl)cc1)OC(=O)C(N)CCCCN. The van der Waals surface area contributed by atoms with Gasteiger partial charge in [0.15, 0.2) is 0 Å². The van der Waals surface area contributed by atoms with E-state index >= 15 is 0 Å². The fourth-order valence-corrected chi connectivity index (χ4v) is 2.23. The van der Waals surface area contributed by atoms with Crippen molar-refractivity contribution in [2.45, 2.75) is 51.2 Å². The van der Waals surface area contributed by atoms with Crippen molar-refractivity contribution in [3.8, 4) is 0 Å². The Morgan fingerprint density at radius 3 is 2.48 bits per heavy atom. The summed E-state index contributed by atoms with van der Waals surface area (Å²) in [4.78, 5) is 12.0. The van der Waals surface area contributed by atoms with Gasteiger partial charge >= 0.3 is 5.97 Å². The maximum Gasteiger partial charge on any atom is 0.323 e. The summed E-state index contributed by atoms with van der Waals surface area (Å²) >= 11 is 5.86. The molecule has 0 aliphatic carbocycles. The predicted molar refractivity (Wildman–Crippen MR) is 86.2 cm³/mol. The number of halogens is 1. The van der Waals surface area contributed by atoms with Gasteiger partial charge in [0.05, 0.1) is 0 Å². The lowest BCUT2D eigenvalue weighted by atomic mass is 9.98. The Kier molecular flexibility index (Phi) is 7.15. The highest BCUT2D eigenvalue weighted by molar-refractivity contribution is 6.30. The summed E-state index contributed by atoms with van der Waals surface area (Å²) in [5, 5.41) is 0.690. The van der Waals surface area contributed by atoms with Gasteiger partial charge in [-0.15, -0.1) is 0 Å². The zero-order valence-electron chi connectivity index (χ0n) is 12.8. The molecule has 118 valence electrons. The predicted octanol–water partition coefficient (Wildman–Crippen LogP) is 2.66. The number of ether oxygens (including phenoxy) is 1. The lowest BCUT2D eigenvalue weighted by molar-refractivity contribution is -0.158. The number of hydrogen-bond donors (Lipinski definition) is 2. The molecule has 21 heavy (non-hydrogen) atoms. The molecule has 1 unspecified atom stereocenters. The Morgan fingerprint density at radius 2 is 1.90 bits per heavy atom. The molecule has 0 spiro atoms. The molecule has 4 nitrogen and oxygen atoms in total. The summed E-state index contributed by atoms with van der Waals surface area (Å²) in [6.45, 7) is 4.38. The molecule has 0 aromatic heterocycles. The normalized spacial score (nSPS) is 13.0. The fraction of sp³-hybridized carbons (Fsp3) is 0.562. The second kappa shape index (κ2) is 8.37. The molecule has 0 saturated carbocycles. The van der Waals surface area contributed by atoms with Crippen LogP contribution in [0.3, 0.4) is 0 Å². The van der Waals surface area contributed by atoms with Crippen LogP contribution in [0.25, 0.3) is 0 Å². The molecule has 0 radical (unpaired) electrons. The van der Waals surface area contributed by atoms with Crippen LogP contribution in [0.15, 0.2) is 24.3 Å². The molecule has 0 aliphatic heterocycles. The van der Waals surface area contributed by atoms with Gasteiger partial charge in [-0.05, 0) is 50.9 Å². The monoisotopic (exact) mass is 312 g/mol. The number of nitrogens with two attached hydrogens (primary N) is 2. The van der Waals surface area contributed by atoms with E-state index in [1.165, 1.54) is 0 Å². The zero-order valence-corrected chi connectivity index (χ0v) is 13.5.